The average molecular weight is 319 g/mol. The molecule has 0 aliphatic rings. The molecule has 1 aromatic carbocycles. The van der Waals surface area contributed by atoms with Gasteiger partial charge in [0.1, 0.15) is 0 Å². The summed E-state index contributed by atoms with van der Waals surface area (Å²) in [5.41, 5.74) is 2.98. The molecule has 2 aromatic heterocycles. The van der Waals surface area contributed by atoms with Crippen LogP contribution in [-0.4, -0.2) is 28.2 Å². The van der Waals surface area contributed by atoms with Gasteiger partial charge in [0, 0.05) is 24.0 Å². The van der Waals surface area contributed by atoms with Gasteiger partial charge in [-0.15, -0.1) is 12.4 Å². The molecule has 0 radical (unpaired) electrons. The Morgan fingerprint density at radius 3 is 2.82 bits per heavy atom. The number of aromatic nitrogens is 3. The Labute approximate surface area is 135 Å². The SMILES string of the molecule is CNC(C)Cc1noc(-c2cnc3ccccc3c2C)n1.Cl. The molecule has 0 aliphatic carbocycles. The molecule has 5 nitrogen and oxygen atoms in total. The number of likely N-dealkylation sites (N-methyl/N-ethyl adjacent to an activating group) is 1. The number of para-hydroxylation sites is 1. The van der Waals surface area contributed by atoms with Crippen LogP contribution in [0.25, 0.3) is 22.4 Å². The second kappa shape index (κ2) is 6.85. The number of aryl methyl sites for hydroxylation is 1. The maximum absolute atomic E-state index is 5.40. The zero-order chi connectivity index (χ0) is 14.8. The zero-order valence-corrected chi connectivity index (χ0v) is 13.6. The summed E-state index contributed by atoms with van der Waals surface area (Å²) < 4.78 is 5.40. The first kappa shape index (κ1) is 16.4. The molecular weight excluding hydrogens is 300 g/mol. The van der Waals surface area contributed by atoms with E-state index in [0.29, 0.717) is 17.8 Å². The van der Waals surface area contributed by atoms with Crippen molar-refractivity contribution in [3.8, 4) is 11.5 Å². The number of hydrogen-bond donors (Lipinski definition) is 1. The minimum atomic E-state index is 0. The van der Waals surface area contributed by atoms with Gasteiger partial charge in [-0.2, -0.15) is 4.98 Å². The van der Waals surface area contributed by atoms with E-state index in [9.17, 15) is 0 Å². The van der Waals surface area contributed by atoms with Crippen LogP contribution in [0.1, 0.15) is 18.3 Å². The number of nitrogens with one attached hydrogen (secondary N) is 1. The fourth-order valence-electron chi connectivity index (χ4n) is 2.32. The summed E-state index contributed by atoms with van der Waals surface area (Å²) in [6.45, 7) is 4.14. The van der Waals surface area contributed by atoms with Gasteiger partial charge in [-0.25, -0.2) is 0 Å². The Morgan fingerprint density at radius 2 is 2.05 bits per heavy atom. The van der Waals surface area contributed by atoms with Crippen molar-refractivity contribution >= 4 is 23.3 Å². The Balaban J connectivity index is 0.00000176. The van der Waals surface area contributed by atoms with E-state index in [1.807, 2.05) is 25.2 Å². The predicted octanol–water partition coefficient (Wildman–Crippen LogP) is 3.17. The fourth-order valence-corrected chi connectivity index (χ4v) is 2.32. The molecule has 3 rings (SSSR count). The second-order valence-corrected chi connectivity index (χ2v) is 5.22. The lowest BCUT2D eigenvalue weighted by molar-refractivity contribution is 0.418. The molecule has 0 aliphatic heterocycles. The van der Waals surface area contributed by atoms with Crippen molar-refractivity contribution in [1.82, 2.24) is 20.4 Å². The molecule has 22 heavy (non-hydrogen) atoms. The third-order valence-electron chi connectivity index (χ3n) is 3.72. The number of rotatable bonds is 4. The number of hydrogen-bond acceptors (Lipinski definition) is 5. The molecular formula is C16H19ClN4O. The van der Waals surface area contributed by atoms with Crippen LogP contribution in [0.15, 0.2) is 35.0 Å². The van der Waals surface area contributed by atoms with E-state index in [0.717, 1.165) is 28.5 Å². The van der Waals surface area contributed by atoms with E-state index in [1.165, 1.54) is 0 Å². The molecule has 3 aromatic rings. The van der Waals surface area contributed by atoms with Crippen LogP contribution in [0.4, 0.5) is 0 Å². The maximum atomic E-state index is 5.40. The Morgan fingerprint density at radius 1 is 1.27 bits per heavy atom. The van der Waals surface area contributed by atoms with Crippen molar-refractivity contribution in [2.45, 2.75) is 26.3 Å². The van der Waals surface area contributed by atoms with E-state index in [-0.39, 0.29) is 12.4 Å². The van der Waals surface area contributed by atoms with Crippen molar-refractivity contribution < 1.29 is 4.52 Å². The first-order valence-corrected chi connectivity index (χ1v) is 7.03. The van der Waals surface area contributed by atoms with E-state index < -0.39 is 0 Å². The third kappa shape index (κ3) is 3.10. The predicted molar refractivity (Wildman–Crippen MR) is 89.2 cm³/mol. The normalized spacial score (nSPS) is 12.1. The standard InChI is InChI=1S/C16H18N4O.ClH/c1-10(17-3)8-15-19-16(21-20-15)13-9-18-14-7-5-4-6-12(14)11(13)2;/h4-7,9-10,17H,8H2,1-3H3;1H. The topological polar surface area (TPSA) is 63.8 Å². The van der Waals surface area contributed by atoms with E-state index in [2.05, 4.69) is 40.4 Å². The number of pyridine rings is 1. The molecule has 1 unspecified atom stereocenters. The molecule has 2 heterocycles. The van der Waals surface area contributed by atoms with Crippen LogP contribution in [0, 0.1) is 6.92 Å². The lowest BCUT2D eigenvalue weighted by atomic mass is 10.1. The van der Waals surface area contributed by atoms with Gasteiger partial charge in [0.05, 0.1) is 11.1 Å². The van der Waals surface area contributed by atoms with Crippen molar-refractivity contribution in [3.05, 3.63) is 41.9 Å². The van der Waals surface area contributed by atoms with Crippen LogP contribution in [0.5, 0.6) is 0 Å². The van der Waals surface area contributed by atoms with Crippen LogP contribution in [0.3, 0.4) is 0 Å². The van der Waals surface area contributed by atoms with Crippen molar-refractivity contribution in [1.29, 1.82) is 0 Å². The van der Waals surface area contributed by atoms with Crippen LogP contribution < -0.4 is 5.32 Å². The number of nitrogens with zero attached hydrogens (tertiary/aromatic N) is 3. The van der Waals surface area contributed by atoms with Crippen molar-refractivity contribution in [3.63, 3.8) is 0 Å². The van der Waals surface area contributed by atoms with Gasteiger partial charge in [0.2, 0.25) is 0 Å². The van der Waals surface area contributed by atoms with Gasteiger partial charge in [-0.1, -0.05) is 23.4 Å². The first-order valence-electron chi connectivity index (χ1n) is 7.03. The lowest BCUT2D eigenvalue weighted by Gasteiger charge is -2.05. The summed E-state index contributed by atoms with van der Waals surface area (Å²) >= 11 is 0. The third-order valence-corrected chi connectivity index (χ3v) is 3.72. The lowest BCUT2D eigenvalue weighted by Crippen LogP contribution is -2.24. The Hall–Kier alpha value is -1.98. The highest BCUT2D eigenvalue weighted by atomic mass is 35.5. The highest BCUT2D eigenvalue weighted by molar-refractivity contribution is 5.86. The largest absolute Gasteiger partial charge is 0.334 e. The summed E-state index contributed by atoms with van der Waals surface area (Å²) in [6, 6.07) is 8.36. The minimum absolute atomic E-state index is 0. The van der Waals surface area contributed by atoms with Gasteiger partial charge < -0.3 is 9.84 Å². The molecule has 1 atom stereocenters. The molecule has 6 heteroatoms. The minimum Gasteiger partial charge on any atom is -0.334 e. The Kier molecular flexibility index (Phi) is 5.11. The average Bonchev–Trinajstić information content (AvgIpc) is 2.96. The number of benzene rings is 1. The van der Waals surface area contributed by atoms with E-state index >= 15 is 0 Å². The highest BCUT2D eigenvalue weighted by Crippen LogP contribution is 2.26. The summed E-state index contributed by atoms with van der Waals surface area (Å²) in [7, 11) is 1.92. The molecule has 0 amide bonds. The van der Waals surface area contributed by atoms with E-state index in [1.54, 1.807) is 6.20 Å². The maximum Gasteiger partial charge on any atom is 0.259 e. The van der Waals surface area contributed by atoms with Gasteiger partial charge in [-0.3, -0.25) is 4.98 Å². The summed E-state index contributed by atoms with van der Waals surface area (Å²) in [6.07, 6.45) is 2.54. The van der Waals surface area contributed by atoms with Crippen molar-refractivity contribution in [2.24, 2.45) is 0 Å². The fraction of sp³-hybridized carbons (Fsp3) is 0.312. The van der Waals surface area contributed by atoms with Gasteiger partial charge in [0.25, 0.3) is 5.89 Å². The summed E-state index contributed by atoms with van der Waals surface area (Å²) in [5.74, 6) is 1.24. The van der Waals surface area contributed by atoms with Crippen LogP contribution >= 0.6 is 12.4 Å². The van der Waals surface area contributed by atoms with Crippen LogP contribution in [0.2, 0.25) is 0 Å². The number of fused-ring (bicyclic) bond motifs is 1. The molecule has 0 bridgehead atoms. The van der Waals surface area contributed by atoms with Gasteiger partial charge >= 0.3 is 0 Å². The zero-order valence-electron chi connectivity index (χ0n) is 12.8. The molecule has 0 spiro atoms. The second-order valence-electron chi connectivity index (χ2n) is 5.22. The van der Waals surface area contributed by atoms with Crippen molar-refractivity contribution in [2.75, 3.05) is 7.05 Å². The van der Waals surface area contributed by atoms with Gasteiger partial charge in [0.15, 0.2) is 5.82 Å². The first-order chi connectivity index (χ1) is 10.2. The molecule has 0 saturated heterocycles. The summed E-state index contributed by atoms with van der Waals surface area (Å²) in [5, 5.41) is 8.32. The summed E-state index contributed by atoms with van der Waals surface area (Å²) in [4.78, 5) is 8.94. The van der Waals surface area contributed by atoms with Gasteiger partial charge in [-0.05, 0) is 32.5 Å². The van der Waals surface area contributed by atoms with Crippen LogP contribution in [-0.2, 0) is 6.42 Å². The smallest absolute Gasteiger partial charge is 0.259 e. The Bertz CT molecular complexity index is 772. The highest BCUT2D eigenvalue weighted by Gasteiger charge is 2.14. The van der Waals surface area contributed by atoms with E-state index in [4.69, 9.17) is 4.52 Å². The number of halogens is 1. The monoisotopic (exact) mass is 318 g/mol. The molecule has 1 N–H and O–H groups in total. The molecule has 116 valence electrons. The quantitative estimate of drug-likeness (QED) is 0.800. The molecule has 0 fully saturated rings. The molecule has 0 saturated carbocycles.